The van der Waals surface area contributed by atoms with Crippen LogP contribution in [-0.4, -0.2) is 3.42 Å². The predicted octanol–water partition coefficient (Wildman–Crippen LogP) is 6.86. The van der Waals surface area contributed by atoms with Crippen molar-refractivity contribution in [2.45, 2.75) is 88.9 Å². The lowest BCUT2D eigenvalue weighted by Crippen LogP contribution is -2.43. The Morgan fingerprint density at radius 3 is 1.76 bits per heavy atom. The number of hydrogen-bond acceptors (Lipinski definition) is 0. The highest BCUT2D eigenvalue weighted by Crippen LogP contribution is 2.66. The summed E-state index contributed by atoms with van der Waals surface area (Å²) in [5, 5.41) is 0. The lowest BCUT2D eigenvalue weighted by Gasteiger charge is -2.45. The highest BCUT2D eigenvalue weighted by molar-refractivity contribution is 14.1. The summed E-state index contributed by atoms with van der Waals surface area (Å²) < 4.78 is 0.612. The van der Waals surface area contributed by atoms with Crippen LogP contribution >= 0.6 is 22.6 Å². The Hall–Kier alpha value is 0.730. The van der Waals surface area contributed by atoms with Crippen LogP contribution in [0.3, 0.4) is 0 Å². The van der Waals surface area contributed by atoms with Crippen LogP contribution in [-0.2, 0) is 0 Å². The molecule has 21 heavy (non-hydrogen) atoms. The summed E-state index contributed by atoms with van der Waals surface area (Å²) in [6, 6.07) is 0. The molecule has 122 valence electrons. The molecule has 0 spiro atoms. The van der Waals surface area contributed by atoms with Crippen molar-refractivity contribution < 1.29 is 0 Å². The zero-order chi connectivity index (χ0) is 15.3. The van der Waals surface area contributed by atoms with Gasteiger partial charge in [-0.1, -0.05) is 76.0 Å². The van der Waals surface area contributed by atoms with Gasteiger partial charge in [0.15, 0.2) is 0 Å². The van der Waals surface area contributed by atoms with Crippen LogP contribution in [0.2, 0.25) is 0 Å². The van der Waals surface area contributed by atoms with E-state index in [1.54, 1.807) is 12.8 Å². The second-order valence-corrected chi connectivity index (χ2v) is 11.5. The molecular weight excluding hydrogens is 367 g/mol. The first-order valence-electron chi connectivity index (χ1n) is 9.53. The van der Waals surface area contributed by atoms with Crippen LogP contribution in [0.1, 0.15) is 85.5 Å². The maximum absolute atomic E-state index is 3.00. The first-order valence-corrected chi connectivity index (χ1v) is 10.6. The minimum atomic E-state index is 0.481. The van der Waals surface area contributed by atoms with E-state index in [0.717, 1.165) is 29.6 Å². The number of fused-ring (bicyclic) bond motifs is 3. The minimum absolute atomic E-state index is 0.481. The third-order valence-electron chi connectivity index (χ3n) is 7.00. The van der Waals surface area contributed by atoms with E-state index in [0.29, 0.717) is 8.84 Å². The van der Waals surface area contributed by atoms with Crippen molar-refractivity contribution in [3.8, 4) is 0 Å². The largest absolute Gasteiger partial charge is 0.0780 e. The summed E-state index contributed by atoms with van der Waals surface area (Å²) in [6.07, 6.45) is 13.6. The molecule has 0 amide bonds. The molecule has 3 aliphatic carbocycles. The van der Waals surface area contributed by atoms with Crippen LogP contribution in [0, 0.1) is 35.0 Å². The van der Waals surface area contributed by atoms with E-state index in [1.165, 1.54) is 44.9 Å². The van der Waals surface area contributed by atoms with Crippen LogP contribution < -0.4 is 0 Å². The summed E-state index contributed by atoms with van der Waals surface area (Å²) >= 11 is 3.00. The summed E-state index contributed by atoms with van der Waals surface area (Å²) in [7, 11) is 0. The number of alkyl halides is 1. The van der Waals surface area contributed by atoms with Crippen LogP contribution in [0.15, 0.2) is 0 Å². The van der Waals surface area contributed by atoms with Crippen molar-refractivity contribution in [2.24, 2.45) is 35.0 Å². The highest BCUT2D eigenvalue weighted by atomic mass is 127. The molecule has 0 saturated heterocycles. The second-order valence-electron chi connectivity index (χ2n) is 9.60. The fourth-order valence-corrected chi connectivity index (χ4v) is 8.29. The van der Waals surface area contributed by atoms with Gasteiger partial charge in [-0.15, -0.1) is 0 Å². The molecule has 0 heterocycles. The molecule has 0 radical (unpaired) electrons. The average Bonchev–Trinajstić information content (AvgIpc) is 2.70. The molecule has 0 aromatic rings. The summed E-state index contributed by atoms with van der Waals surface area (Å²) in [5.74, 6) is 5.14. The summed E-state index contributed by atoms with van der Waals surface area (Å²) in [4.78, 5) is 0. The topological polar surface area (TPSA) is 0 Å². The van der Waals surface area contributed by atoms with Gasteiger partial charge >= 0.3 is 0 Å². The quantitative estimate of drug-likeness (QED) is 0.350. The maximum atomic E-state index is 3.00. The monoisotopic (exact) mass is 402 g/mol. The zero-order valence-electron chi connectivity index (χ0n) is 14.6. The molecule has 0 aromatic heterocycles. The van der Waals surface area contributed by atoms with Crippen molar-refractivity contribution in [1.82, 2.24) is 0 Å². The van der Waals surface area contributed by atoms with E-state index in [9.17, 15) is 0 Å². The first-order chi connectivity index (χ1) is 9.84. The van der Waals surface area contributed by atoms with Gasteiger partial charge in [-0.05, 0) is 67.1 Å². The Bertz CT molecular complexity index is 345. The van der Waals surface area contributed by atoms with Crippen molar-refractivity contribution >= 4 is 22.6 Å². The molecule has 3 saturated carbocycles. The maximum Gasteiger partial charge on any atom is 0.0309 e. The third kappa shape index (κ3) is 2.94. The summed E-state index contributed by atoms with van der Waals surface area (Å²) in [6.45, 7) is 9.92. The Labute approximate surface area is 146 Å². The van der Waals surface area contributed by atoms with E-state index < -0.39 is 0 Å². The third-order valence-corrected chi connectivity index (χ3v) is 9.66. The van der Waals surface area contributed by atoms with Gasteiger partial charge in [0.2, 0.25) is 0 Å². The molecule has 0 nitrogen and oxygen atoms in total. The van der Waals surface area contributed by atoms with Crippen LogP contribution in [0.25, 0.3) is 0 Å². The fraction of sp³-hybridized carbons (Fsp3) is 1.00. The molecule has 3 rings (SSSR count). The van der Waals surface area contributed by atoms with E-state index in [-0.39, 0.29) is 0 Å². The van der Waals surface area contributed by atoms with E-state index in [2.05, 4.69) is 50.3 Å². The minimum Gasteiger partial charge on any atom is -0.0780 e. The van der Waals surface area contributed by atoms with Crippen LogP contribution in [0.5, 0.6) is 0 Å². The average molecular weight is 402 g/mol. The Balaban J connectivity index is 1.89. The molecule has 1 heteroatoms. The molecule has 3 fully saturated rings. The van der Waals surface area contributed by atoms with Crippen molar-refractivity contribution in [3.63, 3.8) is 0 Å². The SMILES string of the molecule is CC(CC(C)(C)C)C1(I)C2CCCCC2C2CCCCC21. The number of rotatable bonds is 2. The Morgan fingerprint density at radius 1 is 0.905 bits per heavy atom. The van der Waals surface area contributed by atoms with Gasteiger partial charge in [-0.2, -0.15) is 0 Å². The highest BCUT2D eigenvalue weighted by Gasteiger charge is 2.60. The van der Waals surface area contributed by atoms with Gasteiger partial charge in [0.05, 0.1) is 0 Å². The van der Waals surface area contributed by atoms with Gasteiger partial charge < -0.3 is 0 Å². The lowest BCUT2D eigenvalue weighted by molar-refractivity contribution is 0.169. The normalized spacial score (nSPS) is 45.0. The zero-order valence-corrected chi connectivity index (χ0v) is 16.8. The van der Waals surface area contributed by atoms with E-state index >= 15 is 0 Å². The van der Waals surface area contributed by atoms with Crippen molar-refractivity contribution in [2.75, 3.05) is 0 Å². The molecule has 0 N–H and O–H groups in total. The molecule has 0 bridgehead atoms. The van der Waals surface area contributed by atoms with Gasteiger partial charge in [-0.25, -0.2) is 0 Å². The van der Waals surface area contributed by atoms with Crippen LogP contribution in [0.4, 0.5) is 0 Å². The molecule has 0 aliphatic heterocycles. The molecular formula is C20H35I. The van der Waals surface area contributed by atoms with Crippen molar-refractivity contribution in [1.29, 1.82) is 0 Å². The summed E-state index contributed by atoms with van der Waals surface area (Å²) in [5.41, 5.74) is 0.481. The molecule has 5 atom stereocenters. The number of halogens is 1. The van der Waals surface area contributed by atoms with Gasteiger partial charge in [0.1, 0.15) is 0 Å². The van der Waals surface area contributed by atoms with Gasteiger partial charge in [0.25, 0.3) is 0 Å². The first kappa shape index (κ1) is 16.6. The second kappa shape index (κ2) is 5.98. The van der Waals surface area contributed by atoms with E-state index in [1.807, 2.05) is 0 Å². The lowest BCUT2D eigenvalue weighted by atomic mass is 9.68. The molecule has 0 aromatic carbocycles. The Morgan fingerprint density at radius 2 is 1.33 bits per heavy atom. The standard InChI is InChI=1S/C20H35I/c1-14(13-19(2,3)4)20(21)17-11-7-5-9-15(17)16-10-6-8-12-18(16)20/h14-18H,5-13H2,1-4H3. The fourth-order valence-electron chi connectivity index (χ4n) is 6.52. The predicted molar refractivity (Wildman–Crippen MR) is 101 cm³/mol. The van der Waals surface area contributed by atoms with Crippen molar-refractivity contribution in [3.05, 3.63) is 0 Å². The molecule has 5 unspecified atom stereocenters. The Kier molecular flexibility index (Phi) is 4.72. The smallest absolute Gasteiger partial charge is 0.0309 e. The molecule has 3 aliphatic rings. The van der Waals surface area contributed by atoms with E-state index in [4.69, 9.17) is 0 Å². The number of hydrogen-bond donors (Lipinski definition) is 0. The van der Waals surface area contributed by atoms with Gasteiger partial charge in [-0.3, -0.25) is 0 Å². The van der Waals surface area contributed by atoms with Gasteiger partial charge in [0, 0.05) is 3.42 Å².